The van der Waals surface area contributed by atoms with Gasteiger partial charge in [0.05, 0.1) is 5.56 Å². The Morgan fingerprint density at radius 1 is 1.50 bits per heavy atom. The van der Waals surface area contributed by atoms with Crippen molar-refractivity contribution in [2.45, 2.75) is 5.33 Å². The first-order valence-electron chi connectivity index (χ1n) is 3.99. The van der Waals surface area contributed by atoms with Crippen LogP contribution in [-0.4, -0.2) is 6.29 Å². The van der Waals surface area contributed by atoms with Gasteiger partial charge >= 0.3 is 0 Å². The molecule has 4 heteroatoms. The van der Waals surface area contributed by atoms with E-state index in [0.717, 1.165) is 21.7 Å². The van der Waals surface area contributed by atoms with Crippen LogP contribution in [0.2, 0.25) is 4.34 Å². The zero-order valence-corrected chi connectivity index (χ0v) is 10.2. The van der Waals surface area contributed by atoms with E-state index in [2.05, 4.69) is 15.9 Å². The Labute approximate surface area is 98.8 Å². The quantitative estimate of drug-likeness (QED) is 0.596. The molecule has 72 valence electrons. The molecular formula is C10H6BrClOS. The van der Waals surface area contributed by atoms with Gasteiger partial charge in [-0.3, -0.25) is 4.79 Å². The number of benzene rings is 1. The summed E-state index contributed by atoms with van der Waals surface area (Å²) in [6.45, 7) is 0. The minimum absolute atomic E-state index is 0.573. The van der Waals surface area contributed by atoms with Gasteiger partial charge in [-0.2, -0.15) is 0 Å². The highest BCUT2D eigenvalue weighted by molar-refractivity contribution is 9.08. The summed E-state index contributed by atoms with van der Waals surface area (Å²) in [7, 11) is 0. The molecule has 14 heavy (non-hydrogen) atoms. The van der Waals surface area contributed by atoms with Gasteiger partial charge in [-0.25, -0.2) is 0 Å². The molecule has 2 rings (SSSR count). The van der Waals surface area contributed by atoms with E-state index in [4.69, 9.17) is 11.6 Å². The first-order chi connectivity index (χ1) is 6.77. The van der Waals surface area contributed by atoms with Crippen molar-refractivity contribution < 1.29 is 4.79 Å². The van der Waals surface area contributed by atoms with Crippen LogP contribution in [0.1, 0.15) is 15.9 Å². The molecule has 1 heterocycles. The molecule has 2 aromatic rings. The van der Waals surface area contributed by atoms with Crippen molar-refractivity contribution in [1.29, 1.82) is 0 Å². The molecule has 0 radical (unpaired) electrons. The zero-order valence-electron chi connectivity index (χ0n) is 7.09. The van der Waals surface area contributed by atoms with E-state index >= 15 is 0 Å². The van der Waals surface area contributed by atoms with Crippen LogP contribution < -0.4 is 0 Å². The van der Waals surface area contributed by atoms with Crippen molar-refractivity contribution in [2.75, 3.05) is 0 Å². The third-order valence-electron chi connectivity index (χ3n) is 2.05. The van der Waals surface area contributed by atoms with Crippen LogP contribution in [-0.2, 0) is 5.33 Å². The predicted molar refractivity (Wildman–Crippen MR) is 64.9 cm³/mol. The summed E-state index contributed by atoms with van der Waals surface area (Å²) in [6.07, 6.45) is 0.819. The summed E-state index contributed by atoms with van der Waals surface area (Å²) in [5.41, 5.74) is 1.77. The smallest absolute Gasteiger partial charge is 0.153 e. The van der Waals surface area contributed by atoms with Gasteiger partial charge in [-0.15, -0.1) is 11.3 Å². The standard InChI is InChI=1S/C10H6BrClOS/c11-4-6-2-1-3-7-8(5-13)10(12)14-9(6)7/h1-3,5H,4H2. The molecule has 0 atom stereocenters. The predicted octanol–water partition coefficient (Wildman–Crippen LogP) is 4.26. The summed E-state index contributed by atoms with van der Waals surface area (Å²) < 4.78 is 1.67. The Morgan fingerprint density at radius 3 is 2.93 bits per heavy atom. The maximum Gasteiger partial charge on any atom is 0.153 e. The number of thiophene rings is 1. The maximum absolute atomic E-state index is 10.8. The molecule has 0 bridgehead atoms. The molecule has 1 aromatic heterocycles. The molecule has 0 amide bonds. The number of carbonyl (C=O) groups is 1. The van der Waals surface area contributed by atoms with Crippen molar-refractivity contribution >= 4 is 55.2 Å². The molecule has 0 aliphatic rings. The fourth-order valence-corrected chi connectivity index (χ4v) is 3.42. The van der Waals surface area contributed by atoms with Crippen molar-refractivity contribution in [2.24, 2.45) is 0 Å². The van der Waals surface area contributed by atoms with Gasteiger partial charge < -0.3 is 0 Å². The van der Waals surface area contributed by atoms with Crippen molar-refractivity contribution in [3.8, 4) is 0 Å². The van der Waals surface area contributed by atoms with Crippen molar-refractivity contribution in [3.05, 3.63) is 33.7 Å². The second-order valence-corrected chi connectivity index (χ2v) is 5.02. The van der Waals surface area contributed by atoms with Crippen LogP contribution in [0, 0.1) is 0 Å². The lowest BCUT2D eigenvalue weighted by atomic mass is 10.1. The van der Waals surface area contributed by atoms with E-state index in [1.807, 2.05) is 18.2 Å². The van der Waals surface area contributed by atoms with E-state index in [1.54, 1.807) is 0 Å². The Balaban J connectivity index is 2.85. The normalized spacial score (nSPS) is 10.7. The summed E-state index contributed by atoms with van der Waals surface area (Å²) in [6, 6.07) is 5.89. The van der Waals surface area contributed by atoms with E-state index < -0.39 is 0 Å². The fourth-order valence-electron chi connectivity index (χ4n) is 1.38. The SMILES string of the molecule is O=Cc1c(Cl)sc2c(CBr)cccc12. The average molecular weight is 290 g/mol. The lowest BCUT2D eigenvalue weighted by Crippen LogP contribution is -1.79. The third kappa shape index (κ3) is 1.49. The van der Waals surface area contributed by atoms with Crippen LogP contribution >= 0.6 is 38.9 Å². The topological polar surface area (TPSA) is 17.1 Å². The largest absolute Gasteiger partial charge is 0.298 e. The monoisotopic (exact) mass is 288 g/mol. The van der Waals surface area contributed by atoms with E-state index in [-0.39, 0.29) is 0 Å². The maximum atomic E-state index is 10.8. The van der Waals surface area contributed by atoms with Gasteiger partial charge in [-0.05, 0) is 5.56 Å². The highest BCUT2D eigenvalue weighted by Gasteiger charge is 2.11. The molecule has 0 spiro atoms. The summed E-state index contributed by atoms with van der Waals surface area (Å²) >= 11 is 10.8. The molecule has 1 aromatic carbocycles. The molecule has 1 nitrogen and oxygen atoms in total. The minimum atomic E-state index is 0.573. The third-order valence-corrected chi connectivity index (χ3v) is 4.18. The van der Waals surface area contributed by atoms with Gasteiger partial charge in [0.1, 0.15) is 4.34 Å². The van der Waals surface area contributed by atoms with Crippen molar-refractivity contribution in [1.82, 2.24) is 0 Å². The molecule has 0 aliphatic heterocycles. The van der Waals surface area contributed by atoms with E-state index in [0.29, 0.717) is 9.90 Å². The van der Waals surface area contributed by atoms with Crippen molar-refractivity contribution in [3.63, 3.8) is 0 Å². The van der Waals surface area contributed by atoms with Gasteiger partial charge in [0.15, 0.2) is 6.29 Å². The van der Waals surface area contributed by atoms with Crippen LogP contribution in [0.15, 0.2) is 18.2 Å². The van der Waals surface area contributed by atoms with Gasteiger partial charge in [0, 0.05) is 15.4 Å². The molecule has 0 aliphatic carbocycles. The fraction of sp³-hybridized carbons (Fsp3) is 0.100. The van der Waals surface area contributed by atoms with Gasteiger partial charge in [-0.1, -0.05) is 45.7 Å². The minimum Gasteiger partial charge on any atom is -0.298 e. The van der Waals surface area contributed by atoms with Crippen LogP contribution in [0.5, 0.6) is 0 Å². The Kier molecular flexibility index (Phi) is 2.91. The van der Waals surface area contributed by atoms with Gasteiger partial charge in [0.2, 0.25) is 0 Å². The zero-order chi connectivity index (χ0) is 10.1. The second-order valence-electron chi connectivity index (χ2n) is 2.83. The number of halogens is 2. The lowest BCUT2D eigenvalue weighted by molar-refractivity contribution is 0.112. The summed E-state index contributed by atoms with van der Waals surface area (Å²) in [5, 5.41) is 1.73. The molecule has 0 N–H and O–H groups in total. The molecule has 0 saturated heterocycles. The van der Waals surface area contributed by atoms with Crippen LogP contribution in [0.4, 0.5) is 0 Å². The number of fused-ring (bicyclic) bond motifs is 1. The average Bonchev–Trinajstić information content (AvgIpc) is 2.52. The van der Waals surface area contributed by atoms with E-state index in [1.165, 1.54) is 16.9 Å². The Bertz CT molecular complexity index is 492. The lowest BCUT2D eigenvalue weighted by Gasteiger charge is -1.96. The highest BCUT2D eigenvalue weighted by atomic mass is 79.9. The Morgan fingerprint density at radius 2 is 2.29 bits per heavy atom. The number of hydrogen-bond acceptors (Lipinski definition) is 2. The summed E-state index contributed by atoms with van der Waals surface area (Å²) in [4.78, 5) is 10.8. The molecule has 0 saturated carbocycles. The second kappa shape index (κ2) is 4.01. The number of carbonyl (C=O) groups excluding carboxylic acids is 1. The molecule has 0 unspecified atom stereocenters. The number of rotatable bonds is 2. The summed E-state index contributed by atoms with van der Waals surface area (Å²) in [5.74, 6) is 0. The van der Waals surface area contributed by atoms with Gasteiger partial charge in [0.25, 0.3) is 0 Å². The number of aldehydes is 1. The van der Waals surface area contributed by atoms with Crippen LogP contribution in [0.3, 0.4) is 0 Å². The highest BCUT2D eigenvalue weighted by Crippen LogP contribution is 2.36. The van der Waals surface area contributed by atoms with Crippen LogP contribution in [0.25, 0.3) is 10.1 Å². The number of alkyl halides is 1. The first-order valence-corrected chi connectivity index (χ1v) is 6.30. The molecule has 0 fully saturated rings. The molecular weight excluding hydrogens is 284 g/mol. The van der Waals surface area contributed by atoms with E-state index in [9.17, 15) is 4.79 Å². The number of hydrogen-bond donors (Lipinski definition) is 0. The Hall–Kier alpha value is -0.380. The first kappa shape index (κ1) is 10.1.